The lowest BCUT2D eigenvalue weighted by atomic mass is 10.0. The normalized spacial score (nSPS) is 10.7. The summed E-state index contributed by atoms with van der Waals surface area (Å²) in [5.41, 5.74) is 1.13. The topological polar surface area (TPSA) is 97.1 Å². The van der Waals surface area contributed by atoms with Crippen LogP contribution in [0.1, 0.15) is 37.2 Å². The number of rotatable bonds is 6. The minimum absolute atomic E-state index is 0.0198. The molecule has 0 aliphatic carbocycles. The highest BCUT2D eigenvalue weighted by atomic mass is 16.4. The van der Waals surface area contributed by atoms with Gasteiger partial charge in [-0.1, -0.05) is 25.1 Å². The minimum atomic E-state index is -1.13. The summed E-state index contributed by atoms with van der Waals surface area (Å²) < 4.78 is 1.36. The highest BCUT2D eigenvalue weighted by molar-refractivity contribution is 5.92. The molecule has 1 heterocycles. The number of carboxylic acid groups (broad SMARTS) is 1. The summed E-state index contributed by atoms with van der Waals surface area (Å²) in [6.07, 6.45) is 2.89. The van der Waals surface area contributed by atoms with Crippen LogP contribution in [-0.2, 0) is 4.79 Å². The highest BCUT2D eigenvalue weighted by Crippen LogP contribution is 2.17. The maximum Gasteiger partial charge on any atom is 0.358 e. The maximum atomic E-state index is 12.1. The Morgan fingerprint density at radius 2 is 2.05 bits per heavy atom. The van der Waals surface area contributed by atoms with Gasteiger partial charge in [0.2, 0.25) is 5.91 Å². The molecule has 0 spiro atoms. The Balaban J connectivity index is 2.19. The summed E-state index contributed by atoms with van der Waals surface area (Å²) in [4.78, 5) is 22.9. The molecule has 0 radical (unpaired) electrons. The molecule has 0 fully saturated rings. The molecular formula is C15H18N4O3. The van der Waals surface area contributed by atoms with Gasteiger partial charge in [0.05, 0.1) is 11.9 Å². The predicted octanol–water partition coefficient (Wildman–Crippen LogP) is 2.34. The smallest absolute Gasteiger partial charge is 0.358 e. The summed E-state index contributed by atoms with van der Waals surface area (Å²) >= 11 is 0. The van der Waals surface area contributed by atoms with E-state index in [4.69, 9.17) is 5.11 Å². The summed E-state index contributed by atoms with van der Waals surface area (Å²) in [5, 5.41) is 19.1. The van der Waals surface area contributed by atoms with Crippen LogP contribution in [0, 0.1) is 5.92 Å². The molecular weight excluding hydrogens is 284 g/mol. The van der Waals surface area contributed by atoms with Crippen molar-refractivity contribution in [1.29, 1.82) is 0 Å². The molecule has 0 aliphatic rings. The zero-order valence-electron chi connectivity index (χ0n) is 12.5. The first-order valence-electron chi connectivity index (χ1n) is 7.12. The molecule has 0 bridgehead atoms. The van der Waals surface area contributed by atoms with E-state index >= 15 is 0 Å². The lowest BCUT2D eigenvalue weighted by Gasteiger charge is -2.13. The van der Waals surface area contributed by atoms with E-state index in [9.17, 15) is 9.59 Å². The quantitative estimate of drug-likeness (QED) is 0.853. The van der Waals surface area contributed by atoms with Gasteiger partial charge in [-0.05, 0) is 31.0 Å². The van der Waals surface area contributed by atoms with Crippen molar-refractivity contribution >= 4 is 17.6 Å². The number of anilines is 1. The number of hydrogen-bond donors (Lipinski definition) is 2. The average Bonchev–Trinajstić information content (AvgIpc) is 2.99. The zero-order chi connectivity index (χ0) is 16.1. The largest absolute Gasteiger partial charge is 0.476 e. The van der Waals surface area contributed by atoms with Crippen molar-refractivity contribution in [3.63, 3.8) is 0 Å². The molecule has 0 atom stereocenters. The Morgan fingerprint density at radius 1 is 1.32 bits per heavy atom. The first-order chi connectivity index (χ1) is 10.5. The van der Waals surface area contributed by atoms with Crippen molar-refractivity contribution in [3.8, 4) is 5.69 Å². The Hall–Kier alpha value is -2.70. The maximum absolute atomic E-state index is 12.1. The van der Waals surface area contributed by atoms with Crippen LogP contribution in [0.5, 0.6) is 0 Å². The molecule has 0 saturated carbocycles. The van der Waals surface area contributed by atoms with Gasteiger partial charge in [-0.15, -0.1) is 5.10 Å². The van der Waals surface area contributed by atoms with Crippen LogP contribution in [0.3, 0.4) is 0 Å². The van der Waals surface area contributed by atoms with Crippen molar-refractivity contribution in [2.24, 2.45) is 5.92 Å². The van der Waals surface area contributed by atoms with Gasteiger partial charge in [-0.2, -0.15) is 0 Å². The van der Waals surface area contributed by atoms with Crippen molar-refractivity contribution in [1.82, 2.24) is 15.0 Å². The number of aromatic nitrogens is 3. The second-order valence-electron chi connectivity index (χ2n) is 4.91. The zero-order valence-corrected chi connectivity index (χ0v) is 12.5. The Kier molecular flexibility index (Phi) is 4.88. The molecule has 2 N–H and O–H groups in total. The lowest BCUT2D eigenvalue weighted by molar-refractivity contribution is -0.120. The van der Waals surface area contributed by atoms with Gasteiger partial charge in [0.25, 0.3) is 0 Å². The van der Waals surface area contributed by atoms with Crippen molar-refractivity contribution < 1.29 is 14.7 Å². The van der Waals surface area contributed by atoms with Crippen LogP contribution < -0.4 is 5.32 Å². The molecule has 0 unspecified atom stereocenters. The summed E-state index contributed by atoms with van der Waals surface area (Å²) in [7, 11) is 0. The van der Waals surface area contributed by atoms with Crippen LogP contribution in [0.25, 0.3) is 5.69 Å². The van der Waals surface area contributed by atoms with Crippen LogP contribution in [0.4, 0.5) is 5.69 Å². The number of carboxylic acids is 1. The van der Waals surface area contributed by atoms with E-state index in [0.29, 0.717) is 11.4 Å². The molecule has 116 valence electrons. The molecule has 22 heavy (non-hydrogen) atoms. The fourth-order valence-electron chi connectivity index (χ4n) is 2.12. The Morgan fingerprint density at radius 3 is 2.64 bits per heavy atom. The molecule has 2 aromatic rings. The summed E-state index contributed by atoms with van der Waals surface area (Å²) in [6, 6.07) is 7.02. The summed E-state index contributed by atoms with van der Waals surface area (Å²) in [5.74, 6) is -1.18. The number of amides is 1. The molecule has 1 amide bonds. The van der Waals surface area contributed by atoms with Crippen molar-refractivity contribution in [2.45, 2.75) is 26.7 Å². The Bertz CT molecular complexity index is 677. The number of hydrogen-bond acceptors (Lipinski definition) is 4. The monoisotopic (exact) mass is 302 g/mol. The third kappa shape index (κ3) is 3.49. The van der Waals surface area contributed by atoms with Crippen LogP contribution >= 0.6 is 0 Å². The fraction of sp³-hybridized carbons (Fsp3) is 0.333. The number of carbonyl (C=O) groups is 2. The first-order valence-corrected chi connectivity index (χ1v) is 7.12. The van der Waals surface area contributed by atoms with Gasteiger partial charge < -0.3 is 10.4 Å². The van der Waals surface area contributed by atoms with Gasteiger partial charge >= 0.3 is 5.97 Å². The Labute approximate surface area is 128 Å². The van der Waals surface area contributed by atoms with Crippen LogP contribution in [-0.4, -0.2) is 32.0 Å². The van der Waals surface area contributed by atoms with Gasteiger partial charge in [-0.3, -0.25) is 4.79 Å². The number of nitrogens with one attached hydrogen (secondary N) is 1. The van der Waals surface area contributed by atoms with Crippen LogP contribution in [0.2, 0.25) is 0 Å². The molecule has 1 aromatic carbocycles. The van der Waals surface area contributed by atoms with E-state index in [2.05, 4.69) is 15.6 Å². The third-order valence-corrected chi connectivity index (χ3v) is 3.45. The van der Waals surface area contributed by atoms with Gasteiger partial charge in [0, 0.05) is 11.6 Å². The molecule has 1 aromatic heterocycles. The number of aromatic carboxylic acids is 1. The lowest BCUT2D eigenvalue weighted by Crippen LogP contribution is -2.21. The average molecular weight is 302 g/mol. The molecule has 7 nitrogen and oxygen atoms in total. The molecule has 2 rings (SSSR count). The highest BCUT2D eigenvalue weighted by Gasteiger charge is 2.14. The second-order valence-corrected chi connectivity index (χ2v) is 4.91. The molecule has 7 heteroatoms. The van der Waals surface area contributed by atoms with E-state index in [1.165, 1.54) is 10.9 Å². The van der Waals surface area contributed by atoms with E-state index in [1.54, 1.807) is 24.3 Å². The van der Waals surface area contributed by atoms with Gasteiger partial charge in [-0.25, -0.2) is 9.48 Å². The van der Waals surface area contributed by atoms with Crippen molar-refractivity contribution in [2.75, 3.05) is 5.32 Å². The fourth-order valence-corrected chi connectivity index (χ4v) is 2.12. The first kappa shape index (κ1) is 15.7. The SMILES string of the molecule is CCC(CC)C(=O)Nc1cccc(-n2cc(C(=O)O)nn2)c1. The minimum Gasteiger partial charge on any atom is -0.476 e. The number of benzene rings is 1. The van der Waals surface area contributed by atoms with Crippen LogP contribution in [0.15, 0.2) is 30.5 Å². The molecule has 0 saturated heterocycles. The molecule has 0 aliphatic heterocycles. The number of nitrogens with zero attached hydrogens (tertiary/aromatic N) is 3. The number of carbonyl (C=O) groups excluding carboxylic acids is 1. The van der Waals surface area contributed by atoms with Gasteiger partial charge in [0.15, 0.2) is 5.69 Å². The predicted molar refractivity (Wildman–Crippen MR) is 81.0 cm³/mol. The van der Waals surface area contributed by atoms with E-state index in [-0.39, 0.29) is 17.5 Å². The van der Waals surface area contributed by atoms with E-state index in [1.807, 2.05) is 13.8 Å². The van der Waals surface area contributed by atoms with E-state index < -0.39 is 5.97 Å². The van der Waals surface area contributed by atoms with Crippen molar-refractivity contribution in [3.05, 3.63) is 36.2 Å². The van der Waals surface area contributed by atoms with Gasteiger partial charge in [0.1, 0.15) is 0 Å². The van der Waals surface area contributed by atoms with E-state index in [0.717, 1.165) is 12.8 Å². The standard InChI is InChI=1S/C15H18N4O3/c1-3-10(4-2)14(20)16-11-6-5-7-12(8-11)19-9-13(15(21)22)17-18-19/h5-10H,3-4H2,1-2H3,(H,16,20)(H,21,22). The summed E-state index contributed by atoms with van der Waals surface area (Å²) in [6.45, 7) is 3.96. The second kappa shape index (κ2) is 6.84. The third-order valence-electron chi connectivity index (χ3n) is 3.45.